The van der Waals surface area contributed by atoms with Crippen LogP contribution < -0.4 is 0 Å². The average molecular weight is 512 g/mol. The quantitative estimate of drug-likeness (QED) is 0.274. The number of aryl methyl sites for hydroxylation is 1. The number of carboxylic acids is 1. The van der Waals surface area contributed by atoms with Crippen LogP contribution in [0.4, 0.5) is 0 Å². The lowest BCUT2D eigenvalue weighted by Crippen LogP contribution is -2.13. The zero-order valence-electron chi connectivity index (χ0n) is 21.9. The van der Waals surface area contributed by atoms with Gasteiger partial charge in [-0.1, -0.05) is 74.6 Å². The Balaban J connectivity index is 1.49. The number of carbonyl (C=O) groups is 2. The number of carboxylic acid groups (broad SMARTS) is 1. The van der Waals surface area contributed by atoms with Crippen molar-refractivity contribution < 1.29 is 14.7 Å². The smallest absolute Gasteiger partial charge is 0.339 e. The van der Waals surface area contributed by atoms with E-state index in [0.29, 0.717) is 30.1 Å². The fourth-order valence-electron chi connectivity index (χ4n) is 5.59. The Labute approximate surface area is 222 Å². The van der Waals surface area contributed by atoms with Crippen LogP contribution in [-0.2, 0) is 7.05 Å². The van der Waals surface area contributed by atoms with E-state index in [4.69, 9.17) is 0 Å². The van der Waals surface area contributed by atoms with Crippen LogP contribution in [0.3, 0.4) is 0 Å². The van der Waals surface area contributed by atoms with Gasteiger partial charge in [-0.25, -0.2) is 9.48 Å². The molecule has 1 N–H and O–H groups in total. The Morgan fingerprint density at radius 2 is 1.79 bits per heavy atom. The number of carbonyl (C=O) groups excluding carboxylic acids is 1. The SMILES string of the molecule is CCC(c1cn(C)nn1)c1c(C(=O)O)cnn1-c1cccc(-c2cccc(C(=O)CC3CCCCC3)c2)c1. The predicted molar refractivity (Wildman–Crippen MR) is 145 cm³/mol. The van der Waals surface area contributed by atoms with Crippen molar-refractivity contribution in [2.75, 3.05) is 0 Å². The Kier molecular flexibility index (Phi) is 7.49. The summed E-state index contributed by atoms with van der Waals surface area (Å²) in [5.74, 6) is -0.633. The summed E-state index contributed by atoms with van der Waals surface area (Å²) in [7, 11) is 1.79. The van der Waals surface area contributed by atoms with E-state index >= 15 is 0 Å². The van der Waals surface area contributed by atoms with Crippen molar-refractivity contribution in [2.45, 2.75) is 57.8 Å². The summed E-state index contributed by atoms with van der Waals surface area (Å²) >= 11 is 0. The monoisotopic (exact) mass is 511 g/mol. The van der Waals surface area contributed by atoms with Crippen LogP contribution in [0, 0.1) is 5.92 Å². The molecule has 38 heavy (non-hydrogen) atoms. The minimum Gasteiger partial charge on any atom is -0.478 e. The van der Waals surface area contributed by atoms with Gasteiger partial charge in [0.1, 0.15) is 5.56 Å². The molecule has 2 aromatic heterocycles. The number of hydrogen-bond donors (Lipinski definition) is 1. The number of hydrogen-bond acceptors (Lipinski definition) is 5. The Morgan fingerprint density at radius 3 is 2.47 bits per heavy atom. The van der Waals surface area contributed by atoms with Gasteiger partial charge in [-0.3, -0.25) is 9.48 Å². The molecule has 2 heterocycles. The molecule has 0 bridgehead atoms. The van der Waals surface area contributed by atoms with Gasteiger partial charge >= 0.3 is 5.97 Å². The summed E-state index contributed by atoms with van der Waals surface area (Å²) < 4.78 is 3.30. The normalized spacial score (nSPS) is 14.9. The predicted octanol–water partition coefficient (Wildman–Crippen LogP) is 6.06. The second-order valence-corrected chi connectivity index (χ2v) is 10.2. The van der Waals surface area contributed by atoms with Gasteiger partial charge in [0.2, 0.25) is 0 Å². The van der Waals surface area contributed by atoms with Crippen molar-refractivity contribution in [1.29, 1.82) is 0 Å². The van der Waals surface area contributed by atoms with E-state index in [-0.39, 0.29) is 17.3 Å². The molecule has 8 heteroatoms. The molecule has 0 radical (unpaired) electrons. The summed E-state index contributed by atoms with van der Waals surface area (Å²) in [6.07, 6.45) is 10.5. The van der Waals surface area contributed by atoms with Crippen LogP contribution in [-0.4, -0.2) is 41.6 Å². The molecule has 1 atom stereocenters. The number of Topliss-reactive ketones (excluding diaryl/α,β-unsaturated/α-hetero) is 1. The second-order valence-electron chi connectivity index (χ2n) is 10.2. The second kappa shape index (κ2) is 11.1. The molecule has 8 nitrogen and oxygen atoms in total. The zero-order valence-corrected chi connectivity index (χ0v) is 21.9. The van der Waals surface area contributed by atoms with Gasteiger partial charge in [-0.05, 0) is 41.7 Å². The lowest BCUT2D eigenvalue weighted by molar-refractivity contribution is 0.0695. The van der Waals surface area contributed by atoms with Gasteiger partial charge in [0.15, 0.2) is 5.78 Å². The van der Waals surface area contributed by atoms with Crippen molar-refractivity contribution in [2.24, 2.45) is 13.0 Å². The van der Waals surface area contributed by atoms with Crippen molar-refractivity contribution in [3.8, 4) is 16.8 Å². The molecular formula is C30H33N5O3. The first-order chi connectivity index (χ1) is 18.4. The van der Waals surface area contributed by atoms with Crippen LogP contribution in [0.5, 0.6) is 0 Å². The molecule has 1 saturated carbocycles. The van der Waals surface area contributed by atoms with Crippen molar-refractivity contribution in [1.82, 2.24) is 24.8 Å². The summed E-state index contributed by atoms with van der Waals surface area (Å²) in [5, 5.41) is 22.7. The fraction of sp³-hybridized carbons (Fsp3) is 0.367. The molecule has 1 fully saturated rings. The largest absolute Gasteiger partial charge is 0.478 e. The first-order valence-corrected chi connectivity index (χ1v) is 13.4. The Bertz CT molecular complexity index is 1450. The lowest BCUT2D eigenvalue weighted by Gasteiger charge is -2.20. The van der Waals surface area contributed by atoms with E-state index < -0.39 is 5.97 Å². The average Bonchev–Trinajstić information content (AvgIpc) is 3.57. The summed E-state index contributed by atoms with van der Waals surface area (Å²) in [6.45, 7) is 1.99. The van der Waals surface area contributed by atoms with Crippen LogP contribution in [0.1, 0.15) is 89.9 Å². The topological polar surface area (TPSA) is 103 Å². The molecule has 1 aliphatic rings. The molecular weight excluding hydrogens is 478 g/mol. The molecule has 4 aromatic rings. The van der Waals surface area contributed by atoms with Crippen LogP contribution in [0.25, 0.3) is 16.8 Å². The molecule has 5 rings (SSSR count). The molecule has 0 saturated heterocycles. The van der Waals surface area contributed by atoms with Crippen LogP contribution >= 0.6 is 0 Å². The van der Waals surface area contributed by atoms with E-state index in [1.165, 1.54) is 25.5 Å². The van der Waals surface area contributed by atoms with E-state index in [1.807, 2.05) is 61.7 Å². The van der Waals surface area contributed by atoms with Gasteiger partial charge in [0.05, 0.1) is 23.3 Å². The maximum atomic E-state index is 13.1. The van der Waals surface area contributed by atoms with Crippen molar-refractivity contribution in [3.63, 3.8) is 0 Å². The fourth-order valence-corrected chi connectivity index (χ4v) is 5.59. The molecule has 1 aliphatic carbocycles. The third-order valence-corrected chi connectivity index (χ3v) is 7.56. The summed E-state index contributed by atoms with van der Waals surface area (Å²) in [5.41, 5.74) is 4.75. The maximum Gasteiger partial charge on any atom is 0.339 e. The minimum absolute atomic E-state index is 0.142. The third-order valence-electron chi connectivity index (χ3n) is 7.56. The number of benzene rings is 2. The first kappa shape index (κ1) is 25.6. The molecule has 2 aromatic carbocycles. The summed E-state index contributed by atoms with van der Waals surface area (Å²) in [6, 6.07) is 15.6. The lowest BCUT2D eigenvalue weighted by atomic mass is 9.84. The standard InChI is InChI=1S/C30H33N5O3/c1-3-25(27-19-34(2)33-32-27)29-26(30(37)38)18-31-35(29)24-14-8-12-22(17-24)21-11-7-13-23(16-21)28(36)15-20-9-5-4-6-10-20/h7-8,11-14,16-20,25H,3-6,9-10,15H2,1-2H3,(H,37,38). The minimum atomic E-state index is -1.03. The highest BCUT2D eigenvalue weighted by Gasteiger charge is 2.28. The van der Waals surface area contributed by atoms with Crippen molar-refractivity contribution >= 4 is 11.8 Å². The van der Waals surface area contributed by atoms with E-state index in [1.54, 1.807) is 16.4 Å². The van der Waals surface area contributed by atoms with Gasteiger partial charge < -0.3 is 5.11 Å². The maximum absolute atomic E-state index is 13.1. The van der Waals surface area contributed by atoms with E-state index in [0.717, 1.165) is 35.2 Å². The van der Waals surface area contributed by atoms with Crippen LogP contribution in [0.15, 0.2) is 60.9 Å². The highest BCUT2D eigenvalue weighted by molar-refractivity contribution is 5.97. The number of ketones is 1. The summed E-state index contributed by atoms with van der Waals surface area (Å²) in [4.78, 5) is 25.2. The highest BCUT2D eigenvalue weighted by atomic mass is 16.4. The molecule has 0 aliphatic heterocycles. The first-order valence-electron chi connectivity index (χ1n) is 13.4. The number of aromatic nitrogens is 5. The van der Waals surface area contributed by atoms with Gasteiger partial charge in [-0.2, -0.15) is 5.10 Å². The van der Waals surface area contributed by atoms with Gasteiger partial charge in [0, 0.05) is 31.1 Å². The highest BCUT2D eigenvalue weighted by Crippen LogP contribution is 2.33. The third kappa shape index (κ3) is 5.30. The molecule has 0 spiro atoms. The number of rotatable bonds is 9. The number of aromatic carboxylic acids is 1. The van der Waals surface area contributed by atoms with E-state index in [9.17, 15) is 14.7 Å². The molecule has 1 unspecified atom stereocenters. The molecule has 196 valence electrons. The number of nitrogens with zero attached hydrogens (tertiary/aromatic N) is 5. The van der Waals surface area contributed by atoms with Gasteiger partial charge in [0.25, 0.3) is 0 Å². The zero-order chi connectivity index (χ0) is 26.6. The Hall–Kier alpha value is -4.07. The molecule has 0 amide bonds. The van der Waals surface area contributed by atoms with E-state index in [2.05, 4.69) is 15.4 Å². The van der Waals surface area contributed by atoms with Crippen LogP contribution in [0.2, 0.25) is 0 Å². The van der Waals surface area contributed by atoms with Crippen molar-refractivity contribution in [3.05, 3.63) is 83.4 Å². The Morgan fingerprint density at radius 1 is 1.05 bits per heavy atom. The van der Waals surface area contributed by atoms with Gasteiger partial charge in [-0.15, -0.1) is 5.10 Å².